The summed E-state index contributed by atoms with van der Waals surface area (Å²) in [6, 6.07) is 5.56. The Labute approximate surface area is 155 Å². The fourth-order valence-electron chi connectivity index (χ4n) is 3.08. The molecule has 2 N–H and O–H groups in total. The van der Waals surface area contributed by atoms with E-state index < -0.39 is 11.7 Å². The zero-order chi connectivity index (χ0) is 19.4. The van der Waals surface area contributed by atoms with Crippen molar-refractivity contribution in [3.8, 4) is 0 Å². The largest absolute Gasteiger partial charge is 0.472 e. The second-order valence-corrected chi connectivity index (χ2v) is 6.47. The van der Waals surface area contributed by atoms with Crippen LogP contribution in [0.1, 0.15) is 30.1 Å². The van der Waals surface area contributed by atoms with Crippen LogP contribution < -0.4 is 10.6 Å². The van der Waals surface area contributed by atoms with Crippen LogP contribution in [0.3, 0.4) is 0 Å². The molecule has 27 heavy (non-hydrogen) atoms. The molecule has 7 nitrogen and oxygen atoms in total. The smallest absolute Gasteiger partial charge is 0.257 e. The number of benzene rings is 1. The lowest BCUT2D eigenvalue weighted by Gasteiger charge is -2.31. The van der Waals surface area contributed by atoms with Crippen molar-refractivity contribution in [2.24, 2.45) is 5.92 Å². The van der Waals surface area contributed by atoms with Crippen LogP contribution in [-0.4, -0.2) is 35.7 Å². The first kappa shape index (κ1) is 18.6. The Morgan fingerprint density at radius 1 is 1.22 bits per heavy atom. The number of likely N-dealkylation sites (tertiary alicyclic amines) is 1. The Bertz CT molecular complexity index is 851. The maximum atomic E-state index is 13.7. The molecule has 0 saturated carbocycles. The number of hydrogen-bond acceptors (Lipinski definition) is 4. The van der Waals surface area contributed by atoms with Crippen molar-refractivity contribution in [1.29, 1.82) is 0 Å². The molecule has 2 aromatic rings. The average molecular weight is 373 g/mol. The third-order valence-electron chi connectivity index (χ3n) is 4.39. The van der Waals surface area contributed by atoms with Crippen LogP contribution in [0.5, 0.6) is 0 Å². The maximum absolute atomic E-state index is 13.7. The van der Waals surface area contributed by atoms with E-state index >= 15 is 0 Å². The highest BCUT2D eigenvalue weighted by Gasteiger charge is 2.29. The number of furan rings is 1. The highest BCUT2D eigenvalue weighted by atomic mass is 19.1. The number of nitrogens with one attached hydrogen (secondary N) is 2. The van der Waals surface area contributed by atoms with Gasteiger partial charge in [0, 0.05) is 25.7 Å². The zero-order valence-corrected chi connectivity index (χ0v) is 14.8. The number of rotatable bonds is 4. The topological polar surface area (TPSA) is 91.7 Å². The molecular weight excluding hydrogens is 353 g/mol. The molecule has 142 valence electrons. The van der Waals surface area contributed by atoms with E-state index in [1.54, 1.807) is 11.0 Å². The predicted molar refractivity (Wildman–Crippen MR) is 96.7 cm³/mol. The van der Waals surface area contributed by atoms with Gasteiger partial charge in [-0.2, -0.15) is 0 Å². The molecule has 3 amide bonds. The van der Waals surface area contributed by atoms with E-state index in [1.807, 2.05) is 0 Å². The van der Waals surface area contributed by atoms with Gasteiger partial charge in [-0.25, -0.2) is 4.39 Å². The summed E-state index contributed by atoms with van der Waals surface area (Å²) in [5.74, 6) is -1.78. The normalized spacial score (nSPS) is 16.7. The number of carbonyl (C=O) groups excluding carboxylic acids is 3. The molecule has 1 aromatic carbocycles. The van der Waals surface area contributed by atoms with Gasteiger partial charge in [0.1, 0.15) is 12.1 Å². The van der Waals surface area contributed by atoms with Crippen molar-refractivity contribution in [3.63, 3.8) is 0 Å². The quantitative estimate of drug-likeness (QED) is 0.862. The molecule has 0 aliphatic carbocycles. The Balaban J connectivity index is 1.65. The number of hydrogen-bond donors (Lipinski definition) is 2. The first-order valence-corrected chi connectivity index (χ1v) is 8.63. The van der Waals surface area contributed by atoms with Crippen LogP contribution >= 0.6 is 0 Å². The Kier molecular flexibility index (Phi) is 5.54. The van der Waals surface area contributed by atoms with Crippen LogP contribution in [0.15, 0.2) is 41.2 Å². The third-order valence-corrected chi connectivity index (χ3v) is 4.39. The molecule has 8 heteroatoms. The average Bonchev–Trinajstić information content (AvgIpc) is 3.18. The summed E-state index contributed by atoms with van der Waals surface area (Å²) in [5, 5.41) is 5.11. The molecule has 1 fully saturated rings. The fraction of sp³-hybridized carbons (Fsp3) is 0.316. The van der Waals surface area contributed by atoms with E-state index in [-0.39, 0.29) is 23.4 Å². The summed E-state index contributed by atoms with van der Waals surface area (Å²) in [5.41, 5.74) is 0.832. The first-order chi connectivity index (χ1) is 12.9. The van der Waals surface area contributed by atoms with Gasteiger partial charge in [-0.05, 0) is 37.1 Å². The Morgan fingerprint density at radius 3 is 2.74 bits per heavy atom. The SMILES string of the molecule is CC(=O)Nc1cc(NC(=O)C2CCCN(C(=O)c3ccoc3)C2)ccc1F. The molecule has 0 radical (unpaired) electrons. The van der Waals surface area contributed by atoms with E-state index in [2.05, 4.69) is 10.6 Å². The summed E-state index contributed by atoms with van der Waals surface area (Å²) < 4.78 is 18.7. The van der Waals surface area contributed by atoms with Gasteiger partial charge in [0.2, 0.25) is 11.8 Å². The van der Waals surface area contributed by atoms with E-state index in [1.165, 1.54) is 37.6 Å². The van der Waals surface area contributed by atoms with Gasteiger partial charge in [0.15, 0.2) is 0 Å². The predicted octanol–water partition coefficient (Wildman–Crippen LogP) is 2.87. The third kappa shape index (κ3) is 4.52. The van der Waals surface area contributed by atoms with E-state index in [0.717, 1.165) is 0 Å². The van der Waals surface area contributed by atoms with Crippen molar-refractivity contribution in [1.82, 2.24) is 4.90 Å². The lowest BCUT2D eigenvalue weighted by Crippen LogP contribution is -2.43. The summed E-state index contributed by atoms with van der Waals surface area (Å²) >= 11 is 0. The molecule has 3 rings (SSSR count). The molecule has 0 spiro atoms. The summed E-state index contributed by atoms with van der Waals surface area (Å²) in [7, 11) is 0. The van der Waals surface area contributed by atoms with Crippen molar-refractivity contribution >= 4 is 29.1 Å². The van der Waals surface area contributed by atoms with Gasteiger partial charge < -0.3 is 20.0 Å². The molecule has 2 heterocycles. The minimum Gasteiger partial charge on any atom is -0.472 e. The first-order valence-electron chi connectivity index (χ1n) is 8.63. The van der Waals surface area contributed by atoms with Crippen LogP contribution in [-0.2, 0) is 9.59 Å². The maximum Gasteiger partial charge on any atom is 0.257 e. The van der Waals surface area contributed by atoms with Crippen molar-refractivity contribution in [2.45, 2.75) is 19.8 Å². The number of halogens is 1. The molecule has 1 atom stereocenters. The van der Waals surface area contributed by atoms with Crippen molar-refractivity contribution in [2.75, 3.05) is 23.7 Å². The summed E-state index contributed by atoms with van der Waals surface area (Å²) in [6.45, 7) is 2.16. The zero-order valence-electron chi connectivity index (χ0n) is 14.8. The second kappa shape index (κ2) is 8.03. The van der Waals surface area contributed by atoms with Gasteiger partial charge in [-0.15, -0.1) is 0 Å². The minimum atomic E-state index is -0.585. The highest BCUT2D eigenvalue weighted by Crippen LogP contribution is 2.23. The fourth-order valence-corrected chi connectivity index (χ4v) is 3.08. The van der Waals surface area contributed by atoms with Crippen molar-refractivity contribution < 1.29 is 23.2 Å². The van der Waals surface area contributed by atoms with Gasteiger partial charge in [0.05, 0.1) is 23.4 Å². The summed E-state index contributed by atoms with van der Waals surface area (Å²) in [4.78, 5) is 37.8. The summed E-state index contributed by atoms with van der Waals surface area (Å²) in [6.07, 6.45) is 4.18. The van der Waals surface area contributed by atoms with Crippen LogP contribution in [0, 0.1) is 11.7 Å². The second-order valence-electron chi connectivity index (χ2n) is 6.47. The molecule has 1 aliphatic rings. The Morgan fingerprint density at radius 2 is 2.04 bits per heavy atom. The van der Waals surface area contributed by atoms with E-state index in [0.29, 0.717) is 37.2 Å². The number of anilines is 2. The number of nitrogens with zero attached hydrogens (tertiary/aromatic N) is 1. The van der Waals surface area contributed by atoms with Crippen LogP contribution in [0.4, 0.5) is 15.8 Å². The number of amides is 3. The highest BCUT2D eigenvalue weighted by molar-refractivity contribution is 5.96. The monoisotopic (exact) mass is 373 g/mol. The Hall–Kier alpha value is -3.16. The molecule has 1 aliphatic heterocycles. The van der Waals surface area contributed by atoms with Gasteiger partial charge >= 0.3 is 0 Å². The van der Waals surface area contributed by atoms with E-state index in [9.17, 15) is 18.8 Å². The minimum absolute atomic E-state index is 0.000654. The van der Waals surface area contributed by atoms with Gasteiger partial charge in [0.25, 0.3) is 5.91 Å². The molecule has 1 unspecified atom stereocenters. The lowest BCUT2D eigenvalue weighted by molar-refractivity contribution is -0.121. The molecule has 1 saturated heterocycles. The van der Waals surface area contributed by atoms with E-state index in [4.69, 9.17) is 4.42 Å². The van der Waals surface area contributed by atoms with Gasteiger partial charge in [-0.3, -0.25) is 14.4 Å². The van der Waals surface area contributed by atoms with Gasteiger partial charge in [-0.1, -0.05) is 0 Å². The molecule has 0 bridgehead atoms. The lowest BCUT2D eigenvalue weighted by atomic mass is 9.96. The number of carbonyl (C=O) groups is 3. The van der Waals surface area contributed by atoms with Crippen molar-refractivity contribution in [3.05, 3.63) is 48.2 Å². The standard InChI is InChI=1S/C19H20FN3O4/c1-12(24)21-17-9-15(4-5-16(17)20)22-18(25)13-3-2-7-23(10-13)19(26)14-6-8-27-11-14/h4-6,8-9,11,13H,2-3,7,10H2,1H3,(H,21,24)(H,22,25). The number of piperidine rings is 1. The molecule has 1 aromatic heterocycles. The molecular formula is C19H20FN3O4. The van der Waals surface area contributed by atoms with Crippen LogP contribution in [0.25, 0.3) is 0 Å². The van der Waals surface area contributed by atoms with Crippen LogP contribution in [0.2, 0.25) is 0 Å².